The summed E-state index contributed by atoms with van der Waals surface area (Å²) in [6, 6.07) is 19.4. The summed E-state index contributed by atoms with van der Waals surface area (Å²) in [7, 11) is 3.68. The molecule has 5 heteroatoms. The first-order valence-corrected chi connectivity index (χ1v) is 9.18. The molecule has 2 aromatic carbocycles. The van der Waals surface area contributed by atoms with Crippen molar-refractivity contribution in [3.63, 3.8) is 0 Å². The van der Waals surface area contributed by atoms with Gasteiger partial charge in [-0.05, 0) is 24.1 Å². The first-order valence-electron chi connectivity index (χ1n) is 9.18. The van der Waals surface area contributed by atoms with Crippen LogP contribution in [0.25, 0.3) is 0 Å². The van der Waals surface area contributed by atoms with Crippen LogP contribution in [0.4, 0.5) is 0 Å². The van der Waals surface area contributed by atoms with Crippen LogP contribution in [-0.4, -0.2) is 38.1 Å². The molecule has 1 unspecified atom stereocenters. The van der Waals surface area contributed by atoms with E-state index in [1.807, 2.05) is 81.7 Å². The highest BCUT2D eigenvalue weighted by atomic mass is 17.0. The monoisotopic (exact) mass is 372 g/mol. The van der Waals surface area contributed by atoms with Gasteiger partial charge in [0.25, 0.3) is 0 Å². The SMILES string of the molecule is C=CCO[N+](C)(C)C(OCCC)(OCc1ccccc1)Oc1ccccc1. The number of hydrogen-bond donors (Lipinski definition) is 0. The van der Waals surface area contributed by atoms with Crippen LogP contribution in [-0.2, 0) is 20.9 Å². The molecule has 2 aromatic rings. The molecule has 146 valence electrons. The molecule has 0 aliphatic carbocycles. The summed E-state index contributed by atoms with van der Waals surface area (Å²) >= 11 is 0. The zero-order valence-electron chi connectivity index (χ0n) is 16.5. The Bertz CT molecular complexity index is 675. The Morgan fingerprint density at radius 3 is 2.19 bits per heavy atom. The van der Waals surface area contributed by atoms with E-state index in [1.165, 1.54) is 0 Å². The smallest absolute Gasteiger partial charge is 0.391 e. The van der Waals surface area contributed by atoms with Crippen LogP contribution in [0, 0.1) is 0 Å². The zero-order chi connectivity index (χ0) is 19.6. The van der Waals surface area contributed by atoms with Crippen molar-refractivity contribution in [3.05, 3.63) is 78.9 Å². The van der Waals surface area contributed by atoms with Gasteiger partial charge < -0.3 is 4.74 Å². The zero-order valence-corrected chi connectivity index (χ0v) is 16.5. The third kappa shape index (κ3) is 5.91. The van der Waals surface area contributed by atoms with Crippen molar-refractivity contribution >= 4 is 0 Å². The molecule has 1 atom stereocenters. The van der Waals surface area contributed by atoms with Gasteiger partial charge in [0.15, 0.2) is 0 Å². The Labute approximate surface area is 162 Å². The van der Waals surface area contributed by atoms with Gasteiger partial charge in [-0.15, -0.1) is 6.58 Å². The van der Waals surface area contributed by atoms with E-state index in [4.69, 9.17) is 19.0 Å². The van der Waals surface area contributed by atoms with Crippen molar-refractivity contribution in [2.45, 2.75) is 26.0 Å². The fourth-order valence-electron chi connectivity index (χ4n) is 2.46. The Morgan fingerprint density at radius 1 is 0.963 bits per heavy atom. The number of para-hydroxylation sites is 1. The molecule has 5 nitrogen and oxygen atoms in total. The summed E-state index contributed by atoms with van der Waals surface area (Å²) in [6.45, 7) is 6.87. The number of rotatable bonds is 12. The highest BCUT2D eigenvalue weighted by Gasteiger charge is 2.55. The van der Waals surface area contributed by atoms with Gasteiger partial charge in [-0.25, -0.2) is 0 Å². The van der Waals surface area contributed by atoms with Crippen molar-refractivity contribution in [2.75, 3.05) is 27.3 Å². The van der Waals surface area contributed by atoms with E-state index in [0.29, 0.717) is 25.6 Å². The highest BCUT2D eigenvalue weighted by Crippen LogP contribution is 2.30. The summed E-state index contributed by atoms with van der Waals surface area (Å²) in [6.07, 6.45) is 1.02. The summed E-state index contributed by atoms with van der Waals surface area (Å²) < 4.78 is 18.5. The maximum Gasteiger partial charge on any atom is 0.527 e. The van der Waals surface area contributed by atoms with Crippen molar-refractivity contribution in [3.8, 4) is 5.75 Å². The predicted octanol–water partition coefficient (Wildman–Crippen LogP) is 4.51. The van der Waals surface area contributed by atoms with Gasteiger partial charge in [0.2, 0.25) is 0 Å². The summed E-state index contributed by atoms with van der Waals surface area (Å²) in [4.78, 5) is 5.95. The molecule has 0 saturated carbocycles. The van der Waals surface area contributed by atoms with Gasteiger partial charge in [0, 0.05) is 0 Å². The Balaban J connectivity index is 2.35. The molecular weight excluding hydrogens is 342 g/mol. The van der Waals surface area contributed by atoms with E-state index in [9.17, 15) is 0 Å². The second-order valence-electron chi connectivity index (χ2n) is 6.50. The molecule has 0 amide bonds. The number of benzene rings is 2. The van der Waals surface area contributed by atoms with Crippen LogP contribution in [0.2, 0.25) is 0 Å². The summed E-state index contributed by atoms with van der Waals surface area (Å²) in [5, 5.41) is 0. The van der Waals surface area contributed by atoms with E-state index in [2.05, 4.69) is 6.58 Å². The average molecular weight is 372 g/mol. The molecule has 0 N–H and O–H groups in total. The van der Waals surface area contributed by atoms with E-state index in [1.54, 1.807) is 6.08 Å². The van der Waals surface area contributed by atoms with Gasteiger partial charge in [-0.1, -0.05) is 66.2 Å². The minimum absolute atomic E-state index is 0.110. The quantitative estimate of drug-likeness (QED) is 0.238. The largest absolute Gasteiger partial charge is 0.527 e. The number of quaternary nitrogens is 1. The lowest BCUT2D eigenvalue weighted by Gasteiger charge is -2.41. The maximum absolute atomic E-state index is 6.26. The van der Waals surface area contributed by atoms with Crippen molar-refractivity contribution in [2.24, 2.45) is 0 Å². The van der Waals surface area contributed by atoms with E-state index < -0.39 is 6.10 Å². The van der Waals surface area contributed by atoms with Gasteiger partial charge in [-0.3, -0.25) is 9.47 Å². The molecule has 0 aliphatic rings. The van der Waals surface area contributed by atoms with Crippen molar-refractivity contribution in [1.82, 2.24) is 0 Å². The molecule has 27 heavy (non-hydrogen) atoms. The Hall–Kier alpha value is -2.18. The van der Waals surface area contributed by atoms with Gasteiger partial charge >= 0.3 is 6.10 Å². The molecule has 0 heterocycles. The molecule has 0 fully saturated rings. The van der Waals surface area contributed by atoms with Crippen LogP contribution < -0.4 is 4.74 Å². The number of ether oxygens (including phenoxy) is 3. The molecule has 0 aliphatic heterocycles. The molecule has 2 rings (SSSR count). The number of nitrogens with zero attached hydrogens (tertiary/aromatic N) is 1. The third-order valence-electron chi connectivity index (χ3n) is 3.92. The second kappa shape index (κ2) is 10.2. The first kappa shape index (κ1) is 21.1. The van der Waals surface area contributed by atoms with Gasteiger partial charge in [-0.2, -0.15) is 4.84 Å². The Morgan fingerprint density at radius 2 is 1.59 bits per heavy atom. The molecule has 0 saturated heterocycles. The van der Waals surface area contributed by atoms with E-state index >= 15 is 0 Å². The number of hydrogen-bond acceptors (Lipinski definition) is 4. The molecule has 0 spiro atoms. The third-order valence-corrected chi connectivity index (χ3v) is 3.92. The molecule has 0 aromatic heterocycles. The van der Waals surface area contributed by atoms with Crippen LogP contribution in [0.15, 0.2) is 73.3 Å². The topological polar surface area (TPSA) is 36.9 Å². The van der Waals surface area contributed by atoms with Crippen LogP contribution in [0.3, 0.4) is 0 Å². The van der Waals surface area contributed by atoms with E-state index in [-0.39, 0.29) is 4.65 Å². The maximum atomic E-state index is 6.26. The van der Waals surface area contributed by atoms with Crippen LogP contribution in [0.5, 0.6) is 5.75 Å². The average Bonchev–Trinajstić information content (AvgIpc) is 2.70. The van der Waals surface area contributed by atoms with Crippen LogP contribution >= 0.6 is 0 Å². The minimum atomic E-state index is -1.48. The molecular formula is C22H30NO4+. The normalized spacial score (nSPS) is 13.7. The minimum Gasteiger partial charge on any atom is -0.391 e. The summed E-state index contributed by atoms with van der Waals surface area (Å²) in [5.74, 6) is 0.634. The lowest BCUT2D eigenvalue weighted by molar-refractivity contribution is -1.17. The van der Waals surface area contributed by atoms with Crippen molar-refractivity contribution in [1.29, 1.82) is 0 Å². The van der Waals surface area contributed by atoms with Crippen LogP contribution in [0.1, 0.15) is 18.9 Å². The number of hydroxylamine groups is 3. The molecule has 0 bridgehead atoms. The summed E-state index contributed by atoms with van der Waals surface area (Å²) in [5.41, 5.74) is 1.02. The first-order chi connectivity index (χ1) is 13.0. The van der Waals surface area contributed by atoms with Crippen molar-refractivity contribution < 1.29 is 23.7 Å². The standard InChI is InChI=1S/C22H30NO4/c1-5-17-24-22(23(3,4)26-18-6-2,27-21-15-11-8-12-16-21)25-19-20-13-9-7-10-14-20/h6-16H,2,5,17-19H2,1,3-4H3/q+1. The second-order valence-corrected chi connectivity index (χ2v) is 6.50. The predicted molar refractivity (Wildman–Crippen MR) is 106 cm³/mol. The lowest BCUT2D eigenvalue weighted by atomic mass is 10.2. The van der Waals surface area contributed by atoms with E-state index in [0.717, 1.165) is 12.0 Å². The highest BCUT2D eigenvalue weighted by molar-refractivity contribution is 5.21. The fourth-order valence-corrected chi connectivity index (χ4v) is 2.46. The Kier molecular flexibility index (Phi) is 8.00. The van der Waals surface area contributed by atoms with Gasteiger partial charge in [0.05, 0.1) is 13.2 Å². The molecule has 0 radical (unpaired) electrons. The van der Waals surface area contributed by atoms with Gasteiger partial charge in [0.1, 0.15) is 26.5 Å². The fraction of sp³-hybridized carbons (Fsp3) is 0.364. The lowest BCUT2D eigenvalue weighted by Crippen LogP contribution is -2.66.